The molecule has 0 amide bonds. The van der Waals surface area contributed by atoms with Gasteiger partial charge in [-0.05, 0) is 50.7 Å². The van der Waals surface area contributed by atoms with Crippen LogP contribution in [0.3, 0.4) is 0 Å². The molecule has 2 aliphatic rings. The van der Waals surface area contributed by atoms with Gasteiger partial charge in [0.25, 0.3) is 5.92 Å². The van der Waals surface area contributed by atoms with E-state index in [2.05, 4.69) is 25.4 Å². The second kappa shape index (κ2) is 9.48. The summed E-state index contributed by atoms with van der Waals surface area (Å²) in [6, 6.07) is 5.09. The number of halogens is 3. The number of fused-ring (bicyclic) bond motifs is 1. The van der Waals surface area contributed by atoms with Crippen LogP contribution in [0.4, 0.5) is 24.7 Å². The molecule has 192 valence electrons. The van der Waals surface area contributed by atoms with Crippen LogP contribution in [-0.2, 0) is 10.7 Å². The van der Waals surface area contributed by atoms with E-state index in [9.17, 15) is 8.78 Å². The maximum absolute atomic E-state index is 15.0. The fourth-order valence-electron chi connectivity index (χ4n) is 5.25. The largest absolute Gasteiger partial charge is 0.390 e. The molecule has 7 nitrogen and oxygen atoms in total. The van der Waals surface area contributed by atoms with Gasteiger partial charge in [0.15, 0.2) is 5.82 Å². The lowest BCUT2D eigenvalue weighted by atomic mass is 9.78. The number of nitrogens with zero attached hydrogens (tertiary/aromatic N) is 4. The van der Waals surface area contributed by atoms with Gasteiger partial charge in [-0.2, -0.15) is 13.9 Å². The molecule has 2 N–H and O–H groups in total. The summed E-state index contributed by atoms with van der Waals surface area (Å²) >= 11 is 0. The molecule has 0 aliphatic carbocycles. The molecule has 10 heteroatoms. The van der Waals surface area contributed by atoms with Crippen LogP contribution in [-0.4, -0.2) is 53.2 Å². The summed E-state index contributed by atoms with van der Waals surface area (Å²) in [5.74, 6) is -4.33. The Hall–Kier alpha value is -2.98. The Balaban J connectivity index is 1.43. The monoisotopic (exact) mass is 501 g/mol. The van der Waals surface area contributed by atoms with Gasteiger partial charge in [0, 0.05) is 30.6 Å². The highest BCUT2D eigenvalue weighted by molar-refractivity contribution is 5.92. The van der Waals surface area contributed by atoms with Crippen molar-refractivity contribution in [2.75, 3.05) is 43.1 Å². The molecule has 3 aromatic rings. The molecule has 0 radical (unpaired) electrons. The quantitative estimate of drug-likeness (QED) is 0.505. The van der Waals surface area contributed by atoms with E-state index in [1.807, 2.05) is 19.2 Å². The zero-order valence-corrected chi connectivity index (χ0v) is 20.4. The molecule has 0 unspecified atom stereocenters. The predicted octanol–water partition coefficient (Wildman–Crippen LogP) is 4.74. The number of nitrogens with one attached hydrogen (secondary N) is 1. The van der Waals surface area contributed by atoms with Crippen LogP contribution < -0.4 is 10.2 Å². The van der Waals surface area contributed by atoms with E-state index >= 15 is 4.39 Å². The van der Waals surface area contributed by atoms with Crippen molar-refractivity contribution in [1.82, 2.24) is 15.2 Å². The molecular formula is C26H30F3N5O2. The molecule has 4 heterocycles. The third-order valence-electron chi connectivity index (χ3n) is 7.59. The van der Waals surface area contributed by atoms with Gasteiger partial charge >= 0.3 is 0 Å². The van der Waals surface area contributed by atoms with E-state index in [4.69, 9.17) is 9.84 Å². The number of anilines is 2. The second-order valence-electron chi connectivity index (χ2n) is 9.95. The Morgan fingerprint density at radius 2 is 2.00 bits per heavy atom. The molecule has 36 heavy (non-hydrogen) atoms. The normalized spacial score (nSPS) is 18.7. The first kappa shape index (κ1) is 24.7. The lowest BCUT2D eigenvalue weighted by Crippen LogP contribution is -2.40. The van der Waals surface area contributed by atoms with Crippen molar-refractivity contribution in [3.05, 3.63) is 53.1 Å². The number of alkyl halides is 2. The van der Waals surface area contributed by atoms with E-state index in [0.717, 1.165) is 62.7 Å². The Morgan fingerprint density at radius 3 is 2.69 bits per heavy atom. The molecule has 2 fully saturated rings. The van der Waals surface area contributed by atoms with Crippen LogP contribution >= 0.6 is 0 Å². The lowest BCUT2D eigenvalue weighted by molar-refractivity contribution is -0.0583. The summed E-state index contributed by atoms with van der Waals surface area (Å²) in [5, 5.41) is 21.4. The van der Waals surface area contributed by atoms with E-state index < -0.39 is 30.0 Å². The number of ether oxygens (including phenoxy) is 1. The highest BCUT2D eigenvalue weighted by Crippen LogP contribution is 2.41. The first-order valence-corrected chi connectivity index (χ1v) is 12.2. The topological polar surface area (TPSA) is 83.4 Å². The molecule has 0 saturated carbocycles. The Bertz CT molecular complexity index is 1260. The van der Waals surface area contributed by atoms with Crippen molar-refractivity contribution in [1.29, 1.82) is 0 Å². The maximum atomic E-state index is 15.0. The van der Waals surface area contributed by atoms with Gasteiger partial charge < -0.3 is 20.1 Å². The summed E-state index contributed by atoms with van der Waals surface area (Å²) in [5.41, 5.74) is 1.79. The van der Waals surface area contributed by atoms with E-state index in [-0.39, 0.29) is 11.0 Å². The van der Waals surface area contributed by atoms with E-state index in [0.29, 0.717) is 17.0 Å². The van der Waals surface area contributed by atoms with Crippen LogP contribution in [0, 0.1) is 18.2 Å². The number of aliphatic hydroxyl groups excluding tert-OH is 1. The SMILES string of the molecule is Cc1nnc(N[C@H](C)c2cccc(C(F)(F)CO)c2F)c2cc(N3CCC4(CCOC4)CC3)cnc12. The lowest BCUT2D eigenvalue weighted by Gasteiger charge is -2.39. The zero-order chi connectivity index (χ0) is 25.5. The summed E-state index contributed by atoms with van der Waals surface area (Å²) in [6.07, 6.45) is 5.08. The molecule has 1 aromatic carbocycles. The Kier molecular flexibility index (Phi) is 6.50. The maximum Gasteiger partial charge on any atom is 0.298 e. The number of benzene rings is 1. The number of rotatable bonds is 6. The van der Waals surface area contributed by atoms with Gasteiger partial charge in [-0.25, -0.2) is 4.39 Å². The fraction of sp³-hybridized carbons (Fsp3) is 0.500. The van der Waals surface area contributed by atoms with Crippen molar-refractivity contribution >= 4 is 22.4 Å². The molecule has 2 aromatic heterocycles. The molecule has 1 atom stereocenters. The van der Waals surface area contributed by atoms with Crippen LogP contribution in [0.25, 0.3) is 10.9 Å². The number of piperidine rings is 1. The van der Waals surface area contributed by atoms with Gasteiger partial charge in [0.2, 0.25) is 0 Å². The van der Waals surface area contributed by atoms with Crippen molar-refractivity contribution in [2.45, 2.75) is 45.1 Å². The first-order valence-electron chi connectivity index (χ1n) is 12.2. The summed E-state index contributed by atoms with van der Waals surface area (Å²) in [6.45, 7) is 5.50. The Morgan fingerprint density at radius 1 is 1.22 bits per heavy atom. The molecule has 5 rings (SSSR count). The third kappa shape index (κ3) is 4.48. The van der Waals surface area contributed by atoms with Crippen LogP contribution in [0.5, 0.6) is 0 Å². The van der Waals surface area contributed by atoms with Gasteiger partial charge in [0.1, 0.15) is 12.4 Å². The van der Waals surface area contributed by atoms with Crippen LogP contribution in [0.2, 0.25) is 0 Å². The number of hydrogen-bond acceptors (Lipinski definition) is 7. The minimum atomic E-state index is -3.67. The highest BCUT2D eigenvalue weighted by Gasteiger charge is 2.38. The molecule has 2 aliphatic heterocycles. The summed E-state index contributed by atoms with van der Waals surface area (Å²) in [7, 11) is 0. The fourth-order valence-corrected chi connectivity index (χ4v) is 5.25. The number of aryl methyl sites for hydroxylation is 1. The minimum Gasteiger partial charge on any atom is -0.390 e. The van der Waals surface area contributed by atoms with Crippen molar-refractivity contribution < 1.29 is 23.0 Å². The number of aromatic nitrogens is 3. The van der Waals surface area contributed by atoms with Crippen molar-refractivity contribution in [3.63, 3.8) is 0 Å². The third-order valence-corrected chi connectivity index (χ3v) is 7.59. The Labute approximate surface area is 207 Å². The number of pyridine rings is 1. The molecule has 0 bridgehead atoms. The highest BCUT2D eigenvalue weighted by atomic mass is 19.3. The molecule has 2 saturated heterocycles. The first-order chi connectivity index (χ1) is 17.2. The van der Waals surface area contributed by atoms with Gasteiger partial charge in [-0.3, -0.25) is 4.98 Å². The molecule has 1 spiro atoms. The van der Waals surface area contributed by atoms with Crippen molar-refractivity contribution in [3.8, 4) is 0 Å². The van der Waals surface area contributed by atoms with E-state index in [1.54, 1.807) is 6.92 Å². The van der Waals surface area contributed by atoms with Gasteiger partial charge in [0.05, 0.1) is 41.3 Å². The summed E-state index contributed by atoms with van der Waals surface area (Å²) < 4.78 is 48.7. The van der Waals surface area contributed by atoms with Gasteiger partial charge in [-0.1, -0.05) is 12.1 Å². The summed E-state index contributed by atoms with van der Waals surface area (Å²) in [4.78, 5) is 6.96. The van der Waals surface area contributed by atoms with Crippen molar-refractivity contribution in [2.24, 2.45) is 5.41 Å². The average molecular weight is 502 g/mol. The minimum absolute atomic E-state index is 0.0420. The van der Waals surface area contributed by atoms with Gasteiger partial charge in [-0.15, -0.1) is 5.10 Å². The van der Waals surface area contributed by atoms with E-state index in [1.165, 1.54) is 12.1 Å². The molecular weight excluding hydrogens is 471 g/mol. The van der Waals surface area contributed by atoms with Crippen LogP contribution in [0.1, 0.15) is 49.0 Å². The standard InChI is InChI=1S/C26H30F3N5O2/c1-16(19-4-3-5-21(22(19)27)26(28,29)14-35)31-24-20-12-18(13-30-23(20)17(2)32-33-24)34-9-6-25(7-10-34)8-11-36-15-25/h3-5,12-13,16,35H,6-11,14-15H2,1-2H3,(H,31,33)/t16-/m1/s1. The van der Waals surface area contributed by atoms with Crippen LogP contribution in [0.15, 0.2) is 30.5 Å². The second-order valence-corrected chi connectivity index (χ2v) is 9.95. The zero-order valence-electron chi connectivity index (χ0n) is 20.4. The average Bonchev–Trinajstić information content (AvgIpc) is 3.33. The smallest absolute Gasteiger partial charge is 0.298 e. The number of aliphatic hydroxyl groups is 1. The number of hydrogen-bond donors (Lipinski definition) is 2. The predicted molar refractivity (Wildman–Crippen MR) is 131 cm³/mol.